The average Bonchev–Trinajstić information content (AvgIpc) is 2.15. The molecular weight excluding hydrogens is 217 g/mol. The summed E-state index contributed by atoms with van der Waals surface area (Å²) in [5.41, 5.74) is -2.74. The van der Waals surface area contributed by atoms with Gasteiger partial charge in [-0.25, -0.2) is 13.8 Å². The lowest BCUT2D eigenvalue weighted by Gasteiger charge is -2.03. The highest BCUT2D eigenvalue weighted by molar-refractivity contribution is 5.38. The van der Waals surface area contributed by atoms with Crippen molar-refractivity contribution in [3.63, 3.8) is 0 Å². The molecule has 0 saturated carbocycles. The predicted octanol–water partition coefficient (Wildman–Crippen LogP) is 1.56. The van der Waals surface area contributed by atoms with E-state index >= 15 is 0 Å². The molecule has 0 aromatic carbocycles. The number of alkyl halides is 2. The van der Waals surface area contributed by atoms with Gasteiger partial charge in [-0.15, -0.1) is 0 Å². The molecule has 1 N–H and O–H groups in total. The second-order valence-electron chi connectivity index (χ2n) is 2.54. The maximum Gasteiger partial charge on any atom is 0.328 e. The van der Waals surface area contributed by atoms with Crippen LogP contribution < -0.4 is 0 Å². The van der Waals surface area contributed by atoms with Crippen LogP contribution in [-0.2, 0) is 6.61 Å². The summed E-state index contributed by atoms with van der Waals surface area (Å²) in [4.78, 5) is 12.3. The van der Waals surface area contributed by atoms with Crippen molar-refractivity contribution in [1.82, 2.24) is 4.98 Å². The molecular formula is C7H5F3N2O3. The molecule has 15 heavy (non-hydrogen) atoms. The van der Waals surface area contributed by atoms with E-state index in [0.29, 0.717) is 0 Å². The Hall–Kier alpha value is -1.70. The molecule has 0 spiro atoms. The number of halogens is 3. The Labute approximate surface area is 81.3 Å². The molecule has 0 bridgehead atoms. The van der Waals surface area contributed by atoms with Gasteiger partial charge in [-0.2, -0.15) is 4.39 Å². The lowest BCUT2D eigenvalue weighted by molar-refractivity contribution is -0.389. The van der Waals surface area contributed by atoms with Crippen LogP contribution in [0.15, 0.2) is 6.07 Å². The molecule has 0 saturated heterocycles. The molecule has 1 aromatic heterocycles. The van der Waals surface area contributed by atoms with Crippen LogP contribution in [0, 0.1) is 15.9 Å². The summed E-state index contributed by atoms with van der Waals surface area (Å²) in [5.74, 6) is -1.44. The van der Waals surface area contributed by atoms with Gasteiger partial charge in [0.05, 0.1) is 11.5 Å². The van der Waals surface area contributed by atoms with E-state index in [-0.39, 0.29) is 6.07 Å². The Kier molecular flexibility index (Phi) is 3.20. The maximum atomic E-state index is 13.0. The van der Waals surface area contributed by atoms with Gasteiger partial charge >= 0.3 is 5.69 Å². The van der Waals surface area contributed by atoms with Gasteiger partial charge in [0.25, 0.3) is 6.43 Å². The lowest BCUT2D eigenvalue weighted by atomic mass is 10.2. The molecule has 0 aliphatic rings. The van der Waals surface area contributed by atoms with Crippen molar-refractivity contribution < 1.29 is 23.2 Å². The summed E-state index contributed by atoms with van der Waals surface area (Å²) in [5, 5.41) is 18.9. The Morgan fingerprint density at radius 3 is 2.60 bits per heavy atom. The van der Waals surface area contributed by atoms with E-state index in [4.69, 9.17) is 5.11 Å². The van der Waals surface area contributed by atoms with Crippen molar-refractivity contribution in [2.75, 3.05) is 0 Å². The van der Waals surface area contributed by atoms with E-state index in [1.54, 1.807) is 0 Å². The van der Waals surface area contributed by atoms with Crippen molar-refractivity contribution in [3.8, 4) is 0 Å². The van der Waals surface area contributed by atoms with Crippen LogP contribution in [0.2, 0.25) is 0 Å². The quantitative estimate of drug-likeness (QED) is 0.621. The number of hydrogen-bond donors (Lipinski definition) is 1. The smallest absolute Gasteiger partial charge is 0.328 e. The zero-order chi connectivity index (χ0) is 11.6. The zero-order valence-electron chi connectivity index (χ0n) is 7.15. The minimum atomic E-state index is -3.05. The van der Waals surface area contributed by atoms with Crippen LogP contribution >= 0.6 is 0 Å². The van der Waals surface area contributed by atoms with Gasteiger partial charge in [-0.05, 0) is 0 Å². The molecule has 0 radical (unpaired) electrons. The van der Waals surface area contributed by atoms with E-state index in [9.17, 15) is 23.3 Å². The number of aromatic nitrogens is 1. The largest absolute Gasteiger partial charge is 0.390 e. The highest BCUT2D eigenvalue weighted by atomic mass is 19.3. The molecule has 5 nitrogen and oxygen atoms in total. The molecule has 8 heteroatoms. The Balaban J connectivity index is 3.37. The first kappa shape index (κ1) is 11.4. The summed E-state index contributed by atoms with van der Waals surface area (Å²) >= 11 is 0. The average molecular weight is 222 g/mol. The summed E-state index contributed by atoms with van der Waals surface area (Å²) in [6, 6.07) is 0.280. The number of aliphatic hydroxyl groups is 1. The summed E-state index contributed by atoms with van der Waals surface area (Å²) in [6.07, 6.45) is -3.05. The van der Waals surface area contributed by atoms with Gasteiger partial charge in [-0.3, -0.25) is 10.1 Å². The number of nitro groups is 1. The molecule has 0 amide bonds. The monoisotopic (exact) mass is 222 g/mol. The van der Waals surface area contributed by atoms with Gasteiger partial charge in [0, 0.05) is 6.07 Å². The highest BCUT2D eigenvalue weighted by Gasteiger charge is 2.24. The van der Waals surface area contributed by atoms with Crippen molar-refractivity contribution in [2.45, 2.75) is 13.0 Å². The number of aliphatic hydroxyl groups excluding tert-OH is 1. The summed E-state index contributed by atoms with van der Waals surface area (Å²) in [7, 11) is 0. The van der Waals surface area contributed by atoms with Crippen LogP contribution in [0.5, 0.6) is 0 Å². The third-order valence-electron chi connectivity index (χ3n) is 1.59. The zero-order valence-corrected chi connectivity index (χ0v) is 7.15. The van der Waals surface area contributed by atoms with Gasteiger partial charge in [-0.1, -0.05) is 0 Å². The summed E-state index contributed by atoms with van der Waals surface area (Å²) < 4.78 is 37.2. The molecule has 1 heterocycles. The molecule has 0 unspecified atom stereocenters. The number of rotatable bonds is 3. The fourth-order valence-corrected chi connectivity index (χ4v) is 0.992. The Bertz CT molecular complexity index is 397. The normalized spacial score (nSPS) is 10.7. The lowest BCUT2D eigenvalue weighted by Crippen LogP contribution is -2.05. The van der Waals surface area contributed by atoms with Gasteiger partial charge < -0.3 is 5.11 Å². The molecule has 82 valence electrons. The molecule has 0 aliphatic carbocycles. The van der Waals surface area contributed by atoms with Crippen molar-refractivity contribution in [2.24, 2.45) is 0 Å². The fraction of sp³-hybridized carbons (Fsp3) is 0.286. The predicted molar refractivity (Wildman–Crippen MR) is 41.7 cm³/mol. The first-order valence-electron chi connectivity index (χ1n) is 3.70. The number of nitrogens with zero attached hydrogens (tertiary/aromatic N) is 2. The van der Waals surface area contributed by atoms with Gasteiger partial charge in [0.2, 0.25) is 5.82 Å². The summed E-state index contributed by atoms with van der Waals surface area (Å²) in [6.45, 7) is -0.978. The van der Waals surface area contributed by atoms with E-state index in [1.807, 2.05) is 0 Å². The molecule has 0 aliphatic heterocycles. The van der Waals surface area contributed by atoms with Crippen molar-refractivity contribution in [3.05, 3.63) is 33.4 Å². The maximum absolute atomic E-state index is 13.0. The second-order valence-corrected chi connectivity index (χ2v) is 2.54. The first-order valence-corrected chi connectivity index (χ1v) is 3.70. The van der Waals surface area contributed by atoms with E-state index < -0.39 is 40.8 Å². The molecule has 0 fully saturated rings. The van der Waals surface area contributed by atoms with Crippen LogP contribution in [-0.4, -0.2) is 15.0 Å². The molecule has 0 atom stereocenters. The van der Waals surface area contributed by atoms with E-state index in [1.165, 1.54) is 0 Å². The fourth-order valence-electron chi connectivity index (χ4n) is 0.992. The Morgan fingerprint density at radius 2 is 2.20 bits per heavy atom. The van der Waals surface area contributed by atoms with Crippen molar-refractivity contribution >= 4 is 5.69 Å². The van der Waals surface area contributed by atoms with Crippen LogP contribution in [0.1, 0.15) is 17.8 Å². The minimum absolute atomic E-state index is 0.280. The number of hydrogen-bond acceptors (Lipinski definition) is 4. The van der Waals surface area contributed by atoms with E-state index in [2.05, 4.69) is 4.98 Å². The van der Waals surface area contributed by atoms with Crippen molar-refractivity contribution in [1.29, 1.82) is 0 Å². The standard InChI is InChI=1S/C7H5F3N2O3/c8-3-1-4(7(9)10)11-5(2-13)6(3)12(14)15/h1,7,13H,2H2. The number of pyridine rings is 1. The van der Waals surface area contributed by atoms with Crippen LogP contribution in [0.25, 0.3) is 0 Å². The molecule has 1 aromatic rings. The highest BCUT2D eigenvalue weighted by Crippen LogP contribution is 2.26. The molecule has 1 rings (SSSR count). The Morgan fingerprint density at radius 1 is 1.60 bits per heavy atom. The van der Waals surface area contributed by atoms with Gasteiger partial charge in [0.15, 0.2) is 0 Å². The third kappa shape index (κ3) is 2.21. The van der Waals surface area contributed by atoms with Gasteiger partial charge in [0.1, 0.15) is 11.4 Å². The SMILES string of the molecule is O=[N+]([O-])c1c(F)cc(C(F)F)nc1CO. The minimum Gasteiger partial charge on any atom is -0.390 e. The second kappa shape index (κ2) is 4.22. The topological polar surface area (TPSA) is 76.3 Å². The van der Waals surface area contributed by atoms with E-state index in [0.717, 1.165) is 0 Å². The van der Waals surface area contributed by atoms with Crippen LogP contribution in [0.3, 0.4) is 0 Å². The third-order valence-corrected chi connectivity index (χ3v) is 1.59. The first-order chi connectivity index (χ1) is 6.97. The van der Waals surface area contributed by atoms with Crippen LogP contribution in [0.4, 0.5) is 18.9 Å².